The Kier molecular flexibility index (Phi) is 6.53. The van der Waals surface area contributed by atoms with E-state index in [0.717, 1.165) is 11.1 Å². The standard InChI is InChI=1S/C23H20ClN3O4S/c1-31-21-9-4-15(12-25-21)13-26-23(29)16-5-8-19-18(11-16)22(28)20(32(30)27-19)10-14-2-6-17(24)7-3-14/h2-9,11-12,20,27H,10,13H2,1H3,(H,26,29). The van der Waals surface area contributed by atoms with Crippen LogP contribution in [0.3, 0.4) is 0 Å². The van der Waals surface area contributed by atoms with Gasteiger partial charge in [-0.1, -0.05) is 29.8 Å². The van der Waals surface area contributed by atoms with Gasteiger partial charge >= 0.3 is 0 Å². The van der Waals surface area contributed by atoms with Gasteiger partial charge in [-0.05, 0) is 47.9 Å². The number of ketones is 1. The van der Waals surface area contributed by atoms with Gasteiger partial charge in [0, 0.05) is 35.0 Å². The molecule has 1 aliphatic heterocycles. The number of hydrogen-bond acceptors (Lipinski definition) is 5. The third-order valence-electron chi connectivity index (χ3n) is 5.10. The first-order valence-electron chi connectivity index (χ1n) is 9.81. The van der Waals surface area contributed by atoms with Gasteiger partial charge in [0.25, 0.3) is 5.91 Å². The summed E-state index contributed by atoms with van der Waals surface area (Å²) >= 11 is 5.92. The molecule has 2 N–H and O–H groups in total. The molecule has 4 rings (SSSR count). The van der Waals surface area contributed by atoms with Crippen LogP contribution in [-0.4, -0.2) is 33.2 Å². The Hall–Kier alpha value is -3.23. The summed E-state index contributed by atoms with van der Waals surface area (Å²) in [5.41, 5.74) is 2.82. The topological polar surface area (TPSA) is 97.4 Å². The Labute approximate surface area is 192 Å². The van der Waals surface area contributed by atoms with E-state index in [2.05, 4.69) is 15.0 Å². The molecule has 7 nitrogen and oxygen atoms in total. The van der Waals surface area contributed by atoms with Gasteiger partial charge in [0.05, 0.1) is 12.8 Å². The van der Waals surface area contributed by atoms with E-state index in [1.807, 2.05) is 6.07 Å². The number of carbonyl (C=O) groups is 2. The molecule has 1 amide bonds. The molecule has 1 aliphatic rings. The molecule has 2 unspecified atom stereocenters. The van der Waals surface area contributed by atoms with Crippen molar-refractivity contribution < 1.29 is 18.5 Å². The number of rotatable bonds is 6. The number of Topliss-reactive ketones (excluding diaryl/α,β-unsaturated/α-hetero) is 1. The van der Waals surface area contributed by atoms with Gasteiger partial charge in [0.15, 0.2) is 5.78 Å². The molecule has 0 spiro atoms. The maximum absolute atomic E-state index is 13.1. The Bertz CT molecular complexity index is 1180. The molecule has 164 valence electrons. The van der Waals surface area contributed by atoms with Crippen molar-refractivity contribution in [2.24, 2.45) is 0 Å². The molecular weight excluding hydrogens is 450 g/mol. The number of halogens is 1. The monoisotopic (exact) mass is 469 g/mol. The number of ether oxygens (including phenoxy) is 1. The maximum atomic E-state index is 13.1. The molecule has 0 saturated carbocycles. The first kappa shape index (κ1) is 22.0. The Morgan fingerprint density at radius 1 is 1.16 bits per heavy atom. The number of methoxy groups -OCH3 is 1. The van der Waals surface area contributed by atoms with E-state index in [1.165, 1.54) is 13.2 Å². The van der Waals surface area contributed by atoms with Crippen LogP contribution < -0.4 is 14.8 Å². The number of anilines is 1. The number of nitrogens with one attached hydrogen (secondary N) is 2. The van der Waals surface area contributed by atoms with Crippen molar-refractivity contribution in [3.8, 4) is 5.88 Å². The van der Waals surface area contributed by atoms with Gasteiger partial charge in [0.2, 0.25) is 5.88 Å². The van der Waals surface area contributed by atoms with E-state index < -0.39 is 16.2 Å². The van der Waals surface area contributed by atoms with Crippen LogP contribution in [0.4, 0.5) is 5.69 Å². The second-order valence-corrected chi connectivity index (χ2v) is 9.04. The molecule has 0 bridgehead atoms. The minimum absolute atomic E-state index is 0.263. The number of amides is 1. The van der Waals surface area contributed by atoms with Crippen molar-refractivity contribution in [1.82, 2.24) is 10.3 Å². The molecule has 0 fully saturated rings. The second kappa shape index (κ2) is 9.50. The van der Waals surface area contributed by atoms with E-state index in [-0.39, 0.29) is 18.2 Å². The first-order valence-corrected chi connectivity index (χ1v) is 11.4. The Morgan fingerprint density at radius 3 is 2.59 bits per heavy atom. The quantitative estimate of drug-likeness (QED) is 0.575. The summed E-state index contributed by atoms with van der Waals surface area (Å²) in [4.78, 5) is 29.9. The molecule has 2 heterocycles. The lowest BCUT2D eigenvalue weighted by molar-refractivity contribution is 0.0951. The summed E-state index contributed by atoms with van der Waals surface area (Å²) in [6.07, 6.45) is 1.92. The number of aromatic nitrogens is 1. The minimum atomic E-state index is -1.57. The van der Waals surface area contributed by atoms with Crippen molar-refractivity contribution in [1.29, 1.82) is 0 Å². The van der Waals surface area contributed by atoms with Crippen LogP contribution in [0.25, 0.3) is 0 Å². The van der Waals surface area contributed by atoms with Gasteiger partial charge < -0.3 is 14.8 Å². The lowest BCUT2D eigenvalue weighted by Gasteiger charge is -2.24. The zero-order valence-electron chi connectivity index (χ0n) is 17.1. The van der Waals surface area contributed by atoms with Gasteiger partial charge in [-0.3, -0.25) is 9.59 Å². The molecule has 1 aromatic heterocycles. The van der Waals surface area contributed by atoms with Crippen molar-refractivity contribution in [2.45, 2.75) is 18.2 Å². The second-order valence-electron chi connectivity index (χ2n) is 7.23. The van der Waals surface area contributed by atoms with Crippen LogP contribution in [0.2, 0.25) is 5.02 Å². The number of nitrogens with zero attached hydrogens (tertiary/aromatic N) is 1. The summed E-state index contributed by atoms with van der Waals surface area (Å²) in [5.74, 6) is -0.0929. The summed E-state index contributed by atoms with van der Waals surface area (Å²) in [5, 5.41) is 2.65. The highest BCUT2D eigenvalue weighted by Crippen LogP contribution is 2.28. The van der Waals surface area contributed by atoms with Crippen molar-refractivity contribution >= 4 is 40.0 Å². The molecule has 0 saturated heterocycles. The molecule has 0 aliphatic carbocycles. The predicted octanol–water partition coefficient (Wildman–Crippen LogP) is 3.56. The zero-order chi connectivity index (χ0) is 22.7. The summed E-state index contributed by atoms with van der Waals surface area (Å²) in [6.45, 7) is 0.280. The Morgan fingerprint density at radius 2 is 1.91 bits per heavy atom. The van der Waals surface area contributed by atoms with E-state index >= 15 is 0 Å². The molecule has 2 atom stereocenters. The average Bonchev–Trinajstić information content (AvgIpc) is 2.81. The van der Waals surface area contributed by atoms with Gasteiger partial charge in [-0.15, -0.1) is 0 Å². The number of hydrogen-bond donors (Lipinski definition) is 2. The highest BCUT2D eigenvalue weighted by molar-refractivity contribution is 7.88. The molecule has 3 aromatic rings. The maximum Gasteiger partial charge on any atom is 0.251 e. The van der Waals surface area contributed by atoms with Crippen LogP contribution in [-0.2, 0) is 24.0 Å². The van der Waals surface area contributed by atoms with Crippen LogP contribution in [0.5, 0.6) is 5.88 Å². The van der Waals surface area contributed by atoms with Crippen LogP contribution in [0, 0.1) is 0 Å². The van der Waals surface area contributed by atoms with Gasteiger partial charge in [-0.2, -0.15) is 0 Å². The van der Waals surface area contributed by atoms with Gasteiger partial charge in [0.1, 0.15) is 16.2 Å². The lowest BCUT2D eigenvalue weighted by Crippen LogP contribution is -2.37. The third-order valence-corrected chi connectivity index (χ3v) is 6.67. The van der Waals surface area contributed by atoms with E-state index in [9.17, 15) is 13.8 Å². The number of pyridine rings is 1. The molecule has 32 heavy (non-hydrogen) atoms. The SMILES string of the molecule is COc1ccc(CNC(=O)c2ccc3c(c2)C(=O)C(Cc2ccc(Cl)cc2)S(=O)N3)cn1. The lowest BCUT2D eigenvalue weighted by atomic mass is 9.98. The van der Waals surface area contributed by atoms with Crippen LogP contribution in [0.1, 0.15) is 31.8 Å². The summed E-state index contributed by atoms with van der Waals surface area (Å²) in [6, 6.07) is 15.3. The van der Waals surface area contributed by atoms with Crippen LogP contribution >= 0.6 is 11.6 Å². The predicted molar refractivity (Wildman–Crippen MR) is 123 cm³/mol. The van der Waals surface area contributed by atoms with E-state index in [0.29, 0.717) is 34.1 Å². The summed E-state index contributed by atoms with van der Waals surface area (Å²) < 4.78 is 20.5. The number of benzene rings is 2. The smallest absolute Gasteiger partial charge is 0.251 e. The average molecular weight is 470 g/mol. The molecule has 9 heteroatoms. The number of carbonyl (C=O) groups excluding carboxylic acids is 2. The summed E-state index contributed by atoms with van der Waals surface area (Å²) in [7, 11) is -0.0407. The minimum Gasteiger partial charge on any atom is -0.481 e. The molecule has 0 radical (unpaired) electrons. The van der Waals surface area contributed by atoms with Gasteiger partial charge in [-0.25, -0.2) is 9.19 Å². The Balaban J connectivity index is 1.48. The highest BCUT2D eigenvalue weighted by atomic mass is 35.5. The highest BCUT2D eigenvalue weighted by Gasteiger charge is 2.34. The van der Waals surface area contributed by atoms with Crippen molar-refractivity contribution in [3.05, 3.63) is 88.1 Å². The molecule has 2 aromatic carbocycles. The fraction of sp³-hybridized carbons (Fsp3) is 0.174. The fourth-order valence-electron chi connectivity index (χ4n) is 3.35. The van der Waals surface area contributed by atoms with Crippen molar-refractivity contribution in [2.75, 3.05) is 11.8 Å². The largest absolute Gasteiger partial charge is 0.481 e. The van der Waals surface area contributed by atoms with Crippen molar-refractivity contribution in [3.63, 3.8) is 0 Å². The van der Waals surface area contributed by atoms with E-state index in [1.54, 1.807) is 48.7 Å². The fourth-order valence-corrected chi connectivity index (χ4v) is 4.68. The zero-order valence-corrected chi connectivity index (χ0v) is 18.7. The normalized spacial score (nSPS) is 17.2. The first-order chi connectivity index (χ1) is 15.4. The van der Waals surface area contributed by atoms with E-state index in [4.69, 9.17) is 16.3 Å². The number of fused-ring (bicyclic) bond motifs is 1. The molecular formula is C23H20ClN3O4S. The third kappa shape index (κ3) is 4.81. The van der Waals surface area contributed by atoms with Crippen LogP contribution in [0.15, 0.2) is 60.8 Å².